The largest absolute Gasteiger partial charge is 0.477 e. The van der Waals surface area contributed by atoms with Crippen molar-refractivity contribution in [3.8, 4) is 0 Å². The fraction of sp³-hybridized carbons (Fsp3) is 0.550. The van der Waals surface area contributed by atoms with Crippen LogP contribution in [0.4, 0.5) is 5.13 Å². The smallest absolute Gasteiger partial charge is 0.348 e. The quantitative estimate of drug-likeness (QED) is 0.409. The summed E-state index contributed by atoms with van der Waals surface area (Å²) in [5.41, 5.74) is 0.577. The van der Waals surface area contributed by atoms with Crippen LogP contribution in [0.25, 0.3) is 0 Å². The molecule has 0 bridgehead atoms. The van der Waals surface area contributed by atoms with Crippen molar-refractivity contribution in [2.75, 3.05) is 31.6 Å². The number of rotatable bonds is 9. The molecule has 3 heterocycles. The molecule has 1 saturated heterocycles. The number of nitrogens with zero attached hydrogens (tertiary/aromatic N) is 3. The van der Waals surface area contributed by atoms with Gasteiger partial charge in [0.2, 0.25) is 0 Å². The number of piperidine rings is 1. The first-order valence-corrected chi connectivity index (χ1v) is 11.9. The van der Waals surface area contributed by atoms with Crippen LogP contribution < -0.4 is 15.5 Å². The monoisotopic (exact) mass is 498 g/mol. The first-order valence-electron chi connectivity index (χ1n) is 10.7. The van der Waals surface area contributed by atoms with Crippen molar-refractivity contribution in [1.82, 2.24) is 25.6 Å². The molecule has 1 aliphatic heterocycles. The van der Waals surface area contributed by atoms with Crippen LogP contribution in [-0.4, -0.2) is 76.7 Å². The zero-order chi connectivity index (χ0) is 24.1. The fourth-order valence-electron chi connectivity index (χ4n) is 3.52. The SMILES string of the molecule is CCCOC1CN(c2nc(C(=O)NC)c(C(=O)O)s2)CCC1NC(=O)c1nc(Cl)c(CC)[nH]1. The van der Waals surface area contributed by atoms with Gasteiger partial charge in [0, 0.05) is 26.7 Å². The third kappa shape index (κ3) is 5.63. The van der Waals surface area contributed by atoms with Crippen LogP contribution in [0.1, 0.15) is 63.2 Å². The van der Waals surface area contributed by atoms with Crippen LogP contribution in [0.3, 0.4) is 0 Å². The standard InChI is InChI=1S/C20H27ClN6O5S/c1-4-8-32-12-9-27(20-25-13(17(28)22-3)14(33-20)19(30)31)7-6-11(12)24-18(29)16-23-10(5-2)15(21)26-16/h11-12H,4-9H2,1-3H3,(H,22,28)(H,23,26)(H,24,29)(H,30,31). The molecule has 2 aromatic heterocycles. The molecule has 4 N–H and O–H groups in total. The first-order chi connectivity index (χ1) is 15.8. The number of hydrogen-bond donors (Lipinski definition) is 4. The number of nitrogens with one attached hydrogen (secondary N) is 3. The highest BCUT2D eigenvalue weighted by Crippen LogP contribution is 2.30. The number of hydrogen-bond acceptors (Lipinski definition) is 8. The van der Waals surface area contributed by atoms with E-state index in [9.17, 15) is 19.5 Å². The predicted octanol–water partition coefficient (Wildman–Crippen LogP) is 1.94. The van der Waals surface area contributed by atoms with E-state index >= 15 is 0 Å². The van der Waals surface area contributed by atoms with Gasteiger partial charge in [-0.1, -0.05) is 36.8 Å². The van der Waals surface area contributed by atoms with Crippen LogP contribution in [0, 0.1) is 0 Å². The van der Waals surface area contributed by atoms with E-state index in [0.717, 1.165) is 17.8 Å². The predicted molar refractivity (Wildman–Crippen MR) is 124 cm³/mol. The number of ether oxygens (including phenoxy) is 1. The molecular formula is C20H27ClN6O5S. The van der Waals surface area contributed by atoms with Crippen molar-refractivity contribution in [2.45, 2.75) is 45.3 Å². The van der Waals surface area contributed by atoms with E-state index < -0.39 is 11.9 Å². The summed E-state index contributed by atoms with van der Waals surface area (Å²) in [5, 5.41) is 15.6. The van der Waals surface area contributed by atoms with Gasteiger partial charge in [-0.05, 0) is 19.3 Å². The van der Waals surface area contributed by atoms with E-state index in [0.29, 0.717) is 43.4 Å². The lowest BCUT2D eigenvalue weighted by Gasteiger charge is -2.38. The maximum atomic E-state index is 12.7. The minimum Gasteiger partial charge on any atom is -0.477 e. The van der Waals surface area contributed by atoms with E-state index in [1.165, 1.54) is 7.05 Å². The Bertz CT molecular complexity index is 1020. The molecule has 180 valence electrons. The number of thiazole rings is 1. The Kier molecular flexibility index (Phi) is 8.27. The molecule has 3 rings (SSSR count). The number of carbonyl (C=O) groups excluding carboxylic acids is 2. The summed E-state index contributed by atoms with van der Waals surface area (Å²) in [4.78, 5) is 49.5. The molecule has 2 amide bonds. The van der Waals surface area contributed by atoms with Gasteiger partial charge in [-0.3, -0.25) is 9.59 Å². The number of aromatic nitrogens is 3. The number of aryl methyl sites for hydroxylation is 1. The van der Waals surface area contributed by atoms with Gasteiger partial charge in [-0.2, -0.15) is 0 Å². The van der Waals surface area contributed by atoms with Gasteiger partial charge in [0.15, 0.2) is 21.8 Å². The van der Waals surface area contributed by atoms with Gasteiger partial charge < -0.3 is 30.4 Å². The number of amides is 2. The van der Waals surface area contributed by atoms with Crippen LogP contribution in [-0.2, 0) is 11.2 Å². The molecule has 0 radical (unpaired) electrons. The molecule has 2 atom stereocenters. The van der Waals surface area contributed by atoms with Crippen molar-refractivity contribution in [2.24, 2.45) is 0 Å². The number of aromatic amines is 1. The van der Waals surface area contributed by atoms with Crippen molar-refractivity contribution in [3.63, 3.8) is 0 Å². The summed E-state index contributed by atoms with van der Waals surface area (Å²) in [6, 6.07) is -0.286. The van der Waals surface area contributed by atoms with E-state index in [4.69, 9.17) is 16.3 Å². The molecule has 0 aromatic carbocycles. The van der Waals surface area contributed by atoms with Gasteiger partial charge in [-0.15, -0.1) is 0 Å². The molecule has 13 heteroatoms. The molecule has 2 aromatic rings. The fourth-order valence-corrected chi connectivity index (χ4v) is 4.72. The number of carboxylic acids is 1. The number of halogens is 1. The molecule has 2 unspecified atom stereocenters. The zero-order valence-electron chi connectivity index (χ0n) is 18.6. The molecule has 0 aliphatic carbocycles. The average Bonchev–Trinajstić information content (AvgIpc) is 3.42. The highest BCUT2D eigenvalue weighted by atomic mass is 35.5. The van der Waals surface area contributed by atoms with E-state index in [2.05, 4.69) is 25.6 Å². The summed E-state index contributed by atoms with van der Waals surface area (Å²) in [7, 11) is 1.42. The second-order valence-electron chi connectivity index (χ2n) is 7.49. The highest BCUT2D eigenvalue weighted by molar-refractivity contribution is 7.17. The summed E-state index contributed by atoms with van der Waals surface area (Å²) in [6.45, 7) is 5.27. The minimum absolute atomic E-state index is 0.118. The Morgan fingerprint density at radius 2 is 2.06 bits per heavy atom. The third-order valence-electron chi connectivity index (χ3n) is 5.23. The minimum atomic E-state index is -1.21. The van der Waals surface area contributed by atoms with Gasteiger partial charge in [-0.25, -0.2) is 14.8 Å². The Morgan fingerprint density at radius 3 is 2.67 bits per heavy atom. The Hall–Kier alpha value is -2.70. The van der Waals surface area contributed by atoms with Gasteiger partial charge in [0.1, 0.15) is 4.88 Å². The van der Waals surface area contributed by atoms with Crippen molar-refractivity contribution < 1.29 is 24.2 Å². The molecule has 1 fully saturated rings. The van der Waals surface area contributed by atoms with E-state index in [-0.39, 0.29) is 39.6 Å². The number of anilines is 1. The normalized spacial score (nSPS) is 18.2. The summed E-state index contributed by atoms with van der Waals surface area (Å²) in [6.07, 6.45) is 1.60. The van der Waals surface area contributed by atoms with E-state index in [1.54, 1.807) is 0 Å². The van der Waals surface area contributed by atoms with Crippen LogP contribution >= 0.6 is 22.9 Å². The van der Waals surface area contributed by atoms with Crippen molar-refractivity contribution in [3.05, 3.63) is 27.2 Å². The maximum Gasteiger partial charge on any atom is 0.348 e. The molecule has 1 aliphatic rings. The lowest BCUT2D eigenvalue weighted by Crippen LogP contribution is -2.55. The Morgan fingerprint density at radius 1 is 1.30 bits per heavy atom. The number of imidazole rings is 1. The number of H-pyrrole nitrogens is 1. The van der Waals surface area contributed by atoms with Crippen molar-refractivity contribution >= 4 is 45.9 Å². The zero-order valence-corrected chi connectivity index (χ0v) is 20.2. The number of aromatic carboxylic acids is 1. The molecule has 11 nitrogen and oxygen atoms in total. The third-order valence-corrected chi connectivity index (χ3v) is 6.65. The van der Waals surface area contributed by atoms with Gasteiger partial charge in [0.05, 0.1) is 17.8 Å². The van der Waals surface area contributed by atoms with Crippen LogP contribution in [0.15, 0.2) is 0 Å². The summed E-state index contributed by atoms with van der Waals surface area (Å²) in [5.74, 6) is -1.99. The highest BCUT2D eigenvalue weighted by Gasteiger charge is 2.34. The number of carbonyl (C=O) groups is 3. The topological polar surface area (TPSA) is 150 Å². The van der Waals surface area contributed by atoms with Gasteiger partial charge in [0.25, 0.3) is 11.8 Å². The lowest BCUT2D eigenvalue weighted by molar-refractivity contribution is 0.0204. The molecule has 0 saturated carbocycles. The average molecular weight is 499 g/mol. The molecular weight excluding hydrogens is 472 g/mol. The molecule has 33 heavy (non-hydrogen) atoms. The Labute approximate surface area is 199 Å². The van der Waals surface area contributed by atoms with Crippen LogP contribution in [0.5, 0.6) is 0 Å². The second kappa shape index (κ2) is 10.9. The van der Waals surface area contributed by atoms with E-state index in [1.807, 2.05) is 18.7 Å². The lowest BCUT2D eigenvalue weighted by atomic mass is 10.0. The number of carboxylic acid groups (broad SMARTS) is 1. The summed E-state index contributed by atoms with van der Waals surface area (Å²) >= 11 is 7.00. The maximum absolute atomic E-state index is 12.7. The second-order valence-corrected chi connectivity index (χ2v) is 8.83. The van der Waals surface area contributed by atoms with Crippen LogP contribution in [0.2, 0.25) is 5.15 Å². The van der Waals surface area contributed by atoms with Crippen molar-refractivity contribution in [1.29, 1.82) is 0 Å². The first kappa shape index (κ1) is 24.9. The molecule has 0 spiro atoms. The van der Waals surface area contributed by atoms with Gasteiger partial charge >= 0.3 is 5.97 Å². The Balaban J connectivity index is 1.77. The summed E-state index contributed by atoms with van der Waals surface area (Å²) < 4.78 is 6.00.